The van der Waals surface area contributed by atoms with Gasteiger partial charge in [-0.15, -0.1) is 0 Å². The summed E-state index contributed by atoms with van der Waals surface area (Å²) in [4.78, 5) is 0. The topological polar surface area (TPSA) is 78.1 Å². The van der Waals surface area contributed by atoms with E-state index in [2.05, 4.69) is 0 Å². The normalized spacial score (nSPS) is 12.9. The Morgan fingerprint density at radius 3 is 2.58 bits per heavy atom. The Morgan fingerprint density at radius 1 is 1.42 bits per heavy atom. The van der Waals surface area contributed by atoms with Crippen LogP contribution in [0.1, 0.15) is 11.6 Å². The van der Waals surface area contributed by atoms with Crippen molar-refractivity contribution >= 4 is 5.69 Å². The van der Waals surface area contributed by atoms with E-state index >= 15 is 0 Å². The quantitative estimate of drug-likeness (QED) is 0.559. The van der Waals surface area contributed by atoms with Gasteiger partial charge in [0.2, 0.25) is 0 Å². The van der Waals surface area contributed by atoms with Crippen molar-refractivity contribution in [1.82, 2.24) is 0 Å². The molecule has 3 nitrogen and oxygen atoms in total. The Hall–Kier alpha value is -1.13. The molecule has 66 valence electrons. The molecule has 0 aromatic heterocycles. The number of nitrogen functional groups attached to an aromatic ring is 1. The third-order valence-corrected chi connectivity index (χ3v) is 1.70. The molecule has 0 heterocycles. The minimum absolute atomic E-state index is 0.301. The first-order chi connectivity index (χ1) is 5.65. The van der Waals surface area contributed by atoms with E-state index in [1.807, 2.05) is 0 Å². The van der Waals surface area contributed by atoms with Gasteiger partial charge in [-0.05, 0) is 17.7 Å². The second-order valence-electron chi connectivity index (χ2n) is 2.62. The van der Waals surface area contributed by atoms with Gasteiger partial charge in [-0.3, -0.25) is 0 Å². The molecule has 12 heavy (non-hydrogen) atoms. The van der Waals surface area contributed by atoms with Gasteiger partial charge in [-0.25, -0.2) is 4.39 Å². The van der Waals surface area contributed by atoms with Crippen LogP contribution < -0.4 is 17.2 Å². The number of halogens is 1. The molecule has 4 heteroatoms. The fraction of sp³-hybridized carbons (Fsp3) is 0.250. The zero-order valence-corrected chi connectivity index (χ0v) is 6.63. The average molecular weight is 169 g/mol. The molecule has 0 saturated heterocycles. The second kappa shape index (κ2) is 3.51. The first kappa shape index (κ1) is 8.96. The van der Waals surface area contributed by atoms with Gasteiger partial charge >= 0.3 is 0 Å². The summed E-state index contributed by atoms with van der Waals surface area (Å²) in [5.41, 5.74) is 17.5. The van der Waals surface area contributed by atoms with Crippen LogP contribution in [0.15, 0.2) is 18.2 Å². The molecule has 0 bridgehead atoms. The second-order valence-corrected chi connectivity index (χ2v) is 2.62. The molecule has 1 rings (SSSR count). The summed E-state index contributed by atoms with van der Waals surface area (Å²) in [6.45, 7) is 0.301. The molecule has 0 fully saturated rings. The lowest BCUT2D eigenvalue weighted by Crippen LogP contribution is -2.21. The molecule has 1 aromatic rings. The fourth-order valence-corrected chi connectivity index (χ4v) is 1.01. The summed E-state index contributed by atoms with van der Waals surface area (Å²) in [7, 11) is 0. The van der Waals surface area contributed by atoms with Gasteiger partial charge in [0, 0.05) is 18.3 Å². The van der Waals surface area contributed by atoms with Crippen molar-refractivity contribution in [1.29, 1.82) is 0 Å². The maximum Gasteiger partial charge on any atom is 0.125 e. The van der Waals surface area contributed by atoms with Crippen molar-refractivity contribution in [3.8, 4) is 0 Å². The van der Waals surface area contributed by atoms with Gasteiger partial charge in [-0.1, -0.05) is 6.07 Å². The highest BCUT2D eigenvalue weighted by atomic mass is 19.1. The van der Waals surface area contributed by atoms with E-state index in [-0.39, 0.29) is 11.9 Å². The van der Waals surface area contributed by atoms with Crippen LogP contribution in [0.5, 0.6) is 0 Å². The molecule has 0 aliphatic heterocycles. The minimum Gasteiger partial charge on any atom is -0.398 e. The summed E-state index contributed by atoms with van der Waals surface area (Å²) in [6, 6.07) is 3.81. The largest absolute Gasteiger partial charge is 0.398 e. The van der Waals surface area contributed by atoms with Crippen molar-refractivity contribution in [2.24, 2.45) is 11.5 Å². The van der Waals surface area contributed by atoms with E-state index in [1.54, 1.807) is 6.07 Å². The zero-order chi connectivity index (χ0) is 9.14. The summed E-state index contributed by atoms with van der Waals surface area (Å²) in [6.07, 6.45) is 0. The summed E-state index contributed by atoms with van der Waals surface area (Å²) >= 11 is 0. The van der Waals surface area contributed by atoms with E-state index in [1.165, 1.54) is 12.1 Å². The molecule has 0 spiro atoms. The highest BCUT2D eigenvalue weighted by molar-refractivity contribution is 5.48. The molecular formula is C8H12FN3. The lowest BCUT2D eigenvalue weighted by molar-refractivity contribution is 0.626. The van der Waals surface area contributed by atoms with Crippen molar-refractivity contribution in [3.63, 3.8) is 0 Å². The molecule has 0 aliphatic carbocycles. The first-order valence-electron chi connectivity index (χ1n) is 3.65. The van der Waals surface area contributed by atoms with Crippen molar-refractivity contribution in [3.05, 3.63) is 29.6 Å². The number of hydrogen-bond donors (Lipinski definition) is 3. The standard InChI is InChI=1S/C8H12FN3/c9-5-1-2-6(7(11)3-5)8(12)4-10/h1-3,8H,4,10-12H2/t8-/m1/s1. The molecule has 1 aromatic carbocycles. The smallest absolute Gasteiger partial charge is 0.125 e. The van der Waals surface area contributed by atoms with Gasteiger partial charge in [0.15, 0.2) is 0 Å². The number of hydrogen-bond acceptors (Lipinski definition) is 3. The molecular weight excluding hydrogens is 157 g/mol. The molecule has 1 atom stereocenters. The number of nitrogens with two attached hydrogens (primary N) is 3. The Kier molecular flexibility index (Phi) is 2.62. The van der Waals surface area contributed by atoms with Crippen LogP contribution in [-0.2, 0) is 0 Å². The highest BCUT2D eigenvalue weighted by Crippen LogP contribution is 2.18. The van der Waals surface area contributed by atoms with Crippen LogP contribution in [0.3, 0.4) is 0 Å². The number of rotatable bonds is 2. The predicted molar refractivity (Wildman–Crippen MR) is 46.8 cm³/mol. The van der Waals surface area contributed by atoms with Crippen LogP contribution in [0.4, 0.5) is 10.1 Å². The molecule has 6 N–H and O–H groups in total. The van der Waals surface area contributed by atoms with Crippen molar-refractivity contribution < 1.29 is 4.39 Å². The number of anilines is 1. The number of benzene rings is 1. The van der Waals surface area contributed by atoms with Gasteiger partial charge in [0.1, 0.15) is 5.82 Å². The van der Waals surface area contributed by atoms with Crippen LogP contribution in [0.2, 0.25) is 0 Å². The highest BCUT2D eigenvalue weighted by Gasteiger charge is 2.07. The maximum atomic E-state index is 12.6. The molecule has 0 saturated carbocycles. The monoisotopic (exact) mass is 169 g/mol. The first-order valence-corrected chi connectivity index (χ1v) is 3.65. The van der Waals surface area contributed by atoms with E-state index in [9.17, 15) is 4.39 Å². The van der Waals surface area contributed by atoms with Crippen molar-refractivity contribution in [2.45, 2.75) is 6.04 Å². The predicted octanol–water partition coefficient (Wildman–Crippen LogP) is 0.366. The lowest BCUT2D eigenvalue weighted by Gasteiger charge is -2.11. The Labute approximate surface area is 70.3 Å². The molecule has 0 unspecified atom stereocenters. The van der Waals surface area contributed by atoms with Gasteiger partial charge in [0.05, 0.1) is 0 Å². The van der Waals surface area contributed by atoms with Crippen LogP contribution in [0.25, 0.3) is 0 Å². The van der Waals surface area contributed by atoms with Crippen LogP contribution >= 0.6 is 0 Å². The van der Waals surface area contributed by atoms with Gasteiger partial charge in [-0.2, -0.15) is 0 Å². The Balaban J connectivity index is 3.01. The summed E-state index contributed by atoms with van der Waals surface area (Å²) < 4.78 is 12.6. The SMILES string of the molecule is NC[C@@H](N)c1ccc(F)cc1N. The minimum atomic E-state index is -0.361. The maximum absolute atomic E-state index is 12.6. The fourth-order valence-electron chi connectivity index (χ4n) is 1.01. The Bertz CT molecular complexity index is 275. The van der Waals surface area contributed by atoms with E-state index in [0.29, 0.717) is 17.8 Å². The van der Waals surface area contributed by atoms with Crippen LogP contribution in [-0.4, -0.2) is 6.54 Å². The van der Waals surface area contributed by atoms with Gasteiger partial charge in [0.25, 0.3) is 0 Å². The third-order valence-electron chi connectivity index (χ3n) is 1.70. The van der Waals surface area contributed by atoms with Crippen molar-refractivity contribution in [2.75, 3.05) is 12.3 Å². The molecule has 0 radical (unpaired) electrons. The molecule has 0 amide bonds. The Morgan fingerprint density at radius 2 is 2.08 bits per heavy atom. The molecule has 0 aliphatic rings. The van der Waals surface area contributed by atoms with Crippen LogP contribution in [0, 0.1) is 5.82 Å². The lowest BCUT2D eigenvalue weighted by atomic mass is 10.1. The van der Waals surface area contributed by atoms with E-state index < -0.39 is 0 Å². The zero-order valence-electron chi connectivity index (χ0n) is 6.63. The van der Waals surface area contributed by atoms with E-state index in [4.69, 9.17) is 17.2 Å². The summed E-state index contributed by atoms with van der Waals surface area (Å²) in [5.74, 6) is -0.361. The summed E-state index contributed by atoms with van der Waals surface area (Å²) in [5, 5.41) is 0. The average Bonchev–Trinajstić information content (AvgIpc) is 2.03. The third kappa shape index (κ3) is 1.72. The van der Waals surface area contributed by atoms with Gasteiger partial charge < -0.3 is 17.2 Å². The van der Waals surface area contributed by atoms with E-state index in [0.717, 1.165) is 0 Å².